The van der Waals surface area contributed by atoms with E-state index >= 15 is 0 Å². The van der Waals surface area contributed by atoms with E-state index in [1.807, 2.05) is 43.3 Å². The number of amidine groups is 1. The van der Waals surface area contributed by atoms with Crippen LogP contribution in [0.4, 0.5) is 0 Å². The third-order valence-corrected chi connectivity index (χ3v) is 3.98. The summed E-state index contributed by atoms with van der Waals surface area (Å²) in [5.74, 6) is -0.356. The quantitative estimate of drug-likeness (QED) is 0.616. The summed E-state index contributed by atoms with van der Waals surface area (Å²) < 4.78 is 0. The molecule has 1 aromatic rings. The minimum absolute atomic E-state index is 0.140. The monoisotopic (exact) mass is 330 g/mol. The van der Waals surface area contributed by atoms with Gasteiger partial charge in [0.2, 0.25) is 11.8 Å². The van der Waals surface area contributed by atoms with Crippen LogP contribution < -0.4 is 10.6 Å². The van der Waals surface area contributed by atoms with Gasteiger partial charge in [0.05, 0.1) is 0 Å². The molecule has 1 aliphatic heterocycles. The predicted octanol–water partition coefficient (Wildman–Crippen LogP) is 1.80. The Bertz CT molecular complexity index is 641. The Morgan fingerprint density at radius 3 is 2.91 bits per heavy atom. The van der Waals surface area contributed by atoms with Crippen molar-refractivity contribution in [2.45, 2.75) is 18.6 Å². The highest BCUT2D eigenvalue weighted by Gasteiger charge is 2.31. The molecule has 1 unspecified atom stereocenters. The lowest BCUT2D eigenvalue weighted by atomic mass is 10.2. The average molecular weight is 330 g/mol. The number of rotatable bonds is 6. The molecule has 2 N–H and O–H groups in total. The van der Waals surface area contributed by atoms with Gasteiger partial charge in [-0.2, -0.15) is 5.10 Å². The van der Waals surface area contributed by atoms with Crippen molar-refractivity contribution in [2.75, 3.05) is 6.54 Å². The number of thioether (sulfide) groups is 1. The van der Waals surface area contributed by atoms with Gasteiger partial charge in [0.15, 0.2) is 5.17 Å². The number of carbonyl (C=O) groups excluding carboxylic acids is 2. The third-order valence-electron chi connectivity index (χ3n) is 2.91. The summed E-state index contributed by atoms with van der Waals surface area (Å²) in [6.45, 7) is 2.39. The molecule has 7 heteroatoms. The zero-order chi connectivity index (χ0) is 16.5. The molecule has 1 aromatic carbocycles. The lowest BCUT2D eigenvalue weighted by molar-refractivity contribution is -0.125. The largest absolute Gasteiger partial charge is 0.356 e. The van der Waals surface area contributed by atoms with E-state index in [-0.39, 0.29) is 18.2 Å². The first-order valence-corrected chi connectivity index (χ1v) is 8.14. The van der Waals surface area contributed by atoms with E-state index in [2.05, 4.69) is 20.8 Å². The van der Waals surface area contributed by atoms with Crippen molar-refractivity contribution in [3.8, 4) is 0 Å². The Balaban J connectivity index is 1.84. The fraction of sp³-hybridized carbons (Fsp3) is 0.250. The summed E-state index contributed by atoms with van der Waals surface area (Å²) >= 11 is 1.22. The van der Waals surface area contributed by atoms with E-state index < -0.39 is 5.25 Å². The lowest BCUT2D eigenvalue weighted by Gasteiger charge is -2.04. The highest BCUT2D eigenvalue weighted by molar-refractivity contribution is 8.15. The summed E-state index contributed by atoms with van der Waals surface area (Å²) in [7, 11) is 0. The van der Waals surface area contributed by atoms with Crippen LogP contribution in [0.25, 0.3) is 6.08 Å². The van der Waals surface area contributed by atoms with Crippen molar-refractivity contribution in [1.82, 2.24) is 10.6 Å². The number of benzene rings is 1. The summed E-state index contributed by atoms with van der Waals surface area (Å²) in [5, 5.41) is 13.1. The van der Waals surface area contributed by atoms with Gasteiger partial charge >= 0.3 is 0 Å². The van der Waals surface area contributed by atoms with E-state index in [0.717, 1.165) is 5.56 Å². The second-order valence-electron chi connectivity index (χ2n) is 4.69. The van der Waals surface area contributed by atoms with Crippen LogP contribution in [0.2, 0.25) is 0 Å². The minimum Gasteiger partial charge on any atom is -0.356 e. The van der Waals surface area contributed by atoms with Crippen molar-refractivity contribution < 1.29 is 9.59 Å². The zero-order valence-electron chi connectivity index (χ0n) is 12.7. The van der Waals surface area contributed by atoms with Crippen LogP contribution in [0.1, 0.15) is 18.9 Å². The molecule has 120 valence electrons. The molecule has 0 aliphatic carbocycles. The van der Waals surface area contributed by atoms with Crippen molar-refractivity contribution in [1.29, 1.82) is 0 Å². The van der Waals surface area contributed by atoms with Gasteiger partial charge in [0.25, 0.3) is 0 Å². The molecule has 1 saturated heterocycles. The van der Waals surface area contributed by atoms with Gasteiger partial charge in [-0.25, -0.2) is 0 Å². The van der Waals surface area contributed by atoms with Gasteiger partial charge in [-0.15, -0.1) is 5.10 Å². The molecule has 1 heterocycles. The second-order valence-corrected chi connectivity index (χ2v) is 5.88. The molecule has 2 amide bonds. The first kappa shape index (κ1) is 17.0. The summed E-state index contributed by atoms with van der Waals surface area (Å²) in [6, 6.07) is 9.83. The maximum atomic E-state index is 11.7. The molecule has 2 rings (SSSR count). The molecule has 0 aromatic heterocycles. The molecule has 0 spiro atoms. The fourth-order valence-corrected chi connectivity index (χ4v) is 2.79. The summed E-state index contributed by atoms with van der Waals surface area (Å²) in [4.78, 5) is 23.2. The van der Waals surface area contributed by atoms with Gasteiger partial charge in [0.1, 0.15) is 5.25 Å². The number of hydrogen-bond acceptors (Lipinski definition) is 5. The third kappa shape index (κ3) is 5.71. The van der Waals surface area contributed by atoms with E-state index in [0.29, 0.717) is 11.7 Å². The molecule has 1 atom stereocenters. The van der Waals surface area contributed by atoms with E-state index in [1.165, 1.54) is 11.8 Å². The number of allylic oxidation sites excluding steroid dienone is 1. The van der Waals surface area contributed by atoms with Crippen LogP contribution in [0, 0.1) is 0 Å². The number of nitrogens with zero attached hydrogens (tertiary/aromatic N) is 2. The molecular weight excluding hydrogens is 312 g/mol. The van der Waals surface area contributed by atoms with Gasteiger partial charge in [-0.05, 0) is 18.6 Å². The average Bonchev–Trinajstić information content (AvgIpc) is 2.88. The SMILES string of the molecule is CCNC(=O)CC1S/C(=N/N=C\C=C\c2ccccc2)NC1=O. The van der Waals surface area contributed by atoms with Crippen LogP contribution in [0.15, 0.2) is 46.6 Å². The molecular formula is C16H18N4O2S. The Kier molecular flexibility index (Phi) is 6.56. The number of amides is 2. The van der Waals surface area contributed by atoms with Crippen molar-refractivity contribution in [3.63, 3.8) is 0 Å². The molecule has 1 fully saturated rings. The van der Waals surface area contributed by atoms with E-state index in [1.54, 1.807) is 12.3 Å². The lowest BCUT2D eigenvalue weighted by Crippen LogP contribution is -2.31. The Labute approximate surface area is 139 Å². The van der Waals surface area contributed by atoms with Crippen LogP contribution in [-0.2, 0) is 9.59 Å². The van der Waals surface area contributed by atoms with Crippen LogP contribution in [0.5, 0.6) is 0 Å². The molecule has 6 nitrogen and oxygen atoms in total. The summed E-state index contributed by atoms with van der Waals surface area (Å²) in [5.41, 5.74) is 1.07. The first-order chi connectivity index (χ1) is 11.2. The van der Waals surface area contributed by atoms with Gasteiger partial charge in [-0.3, -0.25) is 9.59 Å². The van der Waals surface area contributed by atoms with E-state index in [4.69, 9.17) is 0 Å². The molecule has 1 aliphatic rings. The normalized spacial score (nSPS) is 19.6. The number of hydrogen-bond donors (Lipinski definition) is 2. The maximum absolute atomic E-state index is 11.7. The standard InChI is InChI=1S/C16H18N4O2S/c1-2-17-14(21)11-13-15(22)19-16(23-13)20-18-10-6-9-12-7-4-3-5-8-12/h3-10,13H,2,11H2,1H3,(H,17,21)(H,19,20,22)/b9-6+,18-10-. The van der Waals surface area contributed by atoms with Crippen LogP contribution in [-0.4, -0.2) is 35.0 Å². The van der Waals surface area contributed by atoms with Gasteiger partial charge in [-0.1, -0.05) is 48.2 Å². The van der Waals surface area contributed by atoms with Crippen LogP contribution in [0.3, 0.4) is 0 Å². The van der Waals surface area contributed by atoms with Crippen molar-refractivity contribution >= 4 is 41.0 Å². The fourth-order valence-electron chi connectivity index (χ4n) is 1.87. The van der Waals surface area contributed by atoms with Gasteiger partial charge in [0, 0.05) is 19.2 Å². The van der Waals surface area contributed by atoms with Crippen LogP contribution >= 0.6 is 11.8 Å². The Morgan fingerprint density at radius 2 is 2.17 bits per heavy atom. The molecule has 0 radical (unpaired) electrons. The van der Waals surface area contributed by atoms with Crippen molar-refractivity contribution in [3.05, 3.63) is 42.0 Å². The first-order valence-electron chi connectivity index (χ1n) is 7.26. The number of carbonyl (C=O) groups is 2. The number of nitrogens with one attached hydrogen (secondary N) is 2. The molecule has 23 heavy (non-hydrogen) atoms. The highest BCUT2D eigenvalue weighted by atomic mass is 32.2. The topological polar surface area (TPSA) is 82.9 Å². The van der Waals surface area contributed by atoms with E-state index in [9.17, 15) is 9.59 Å². The second kappa shape index (κ2) is 8.89. The van der Waals surface area contributed by atoms with Crippen molar-refractivity contribution in [2.24, 2.45) is 10.2 Å². The minimum atomic E-state index is -0.449. The predicted molar refractivity (Wildman–Crippen MR) is 94.2 cm³/mol. The zero-order valence-corrected chi connectivity index (χ0v) is 13.5. The molecule has 0 bridgehead atoms. The Morgan fingerprint density at radius 1 is 1.39 bits per heavy atom. The highest BCUT2D eigenvalue weighted by Crippen LogP contribution is 2.22. The van der Waals surface area contributed by atoms with Gasteiger partial charge < -0.3 is 10.6 Å². The summed E-state index contributed by atoms with van der Waals surface area (Å²) in [6.07, 6.45) is 5.36. The molecule has 0 saturated carbocycles. The maximum Gasteiger partial charge on any atom is 0.240 e. The smallest absolute Gasteiger partial charge is 0.240 e. The Hall–Kier alpha value is -2.41.